The maximum absolute atomic E-state index is 12.3. The van der Waals surface area contributed by atoms with Gasteiger partial charge in [0.05, 0.1) is 0 Å². The molecule has 1 atom stereocenters. The van der Waals surface area contributed by atoms with Crippen molar-refractivity contribution >= 4 is 0 Å². The van der Waals surface area contributed by atoms with E-state index in [-0.39, 0.29) is 5.56 Å². The highest BCUT2D eigenvalue weighted by molar-refractivity contribution is 5.15. The molecule has 19 heavy (non-hydrogen) atoms. The number of halogens is 3. The summed E-state index contributed by atoms with van der Waals surface area (Å²) in [6.07, 6.45) is -1.88. The van der Waals surface area contributed by atoms with Crippen molar-refractivity contribution in [2.24, 2.45) is 7.05 Å². The maximum atomic E-state index is 12.3. The normalized spacial score (nSPS) is 13.7. The summed E-state index contributed by atoms with van der Waals surface area (Å²) >= 11 is 0. The van der Waals surface area contributed by atoms with E-state index in [9.17, 15) is 13.2 Å². The zero-order valence-electron chi connectivity index (χ0n) is 10.3. The van der Waals surface area contributed by atoms with Crippen LogP contribution >= 0.6 is 0 Å². The molecule has 2 rings (SSSR count). The molecule has 0 saturated carbocycles. The lowest BCUT2D eigenvalue weighted by Crippen LogP contribution is -2.19. The Bertz CT molecular complexity index is 544. The quantitative estimate of drug-likeness (QED) is 0.926. The van der Waals surface area contributed by atoms with Crippen LogP contribution in [0, 0.1) is 0 Å². The highest BCUT2D eigenvalue weighted by Gasteiger charge is 2.39. The van der Waals surface area contributed by atoms with Crippen LogP contribution in [-0.4, -0.2) is 25.6 Å². The Balaban J connectivity index is 2.00. The van der Waals surface area contributed by atoms with E-state index in [1.165, 1.54) is 18.5 Å². The predicted molar refractivity (Wildman–Crippen MR) is 62.4 cm³/mol. The first-order valence-electron chi connectivity index (χ1n) is 5.75. The molecule has 0 aliphatic heterocycles. The van der Waals surface area contributed by atoms with Gasteiger partial charge >= 0.3 is 6.18 Å². The van der Waals surface area contributed by atoms with E-state index in [4.69, 9.17) is 5.11 Å². The summed E-state index contributed by atoms with van der Waals surface area (Å²) in [7, 11) is 1.81. The van der Waals surface area contributed by atoms with Gasteiger partial charge in [0.15, 0.2) is 6.10 Å². The van der Waals surface area contributed by atoms with Crippen LogP contribution in [-0.2, 0) is 20.0 Å². The fourth-order valence-corrected chi connectivity index (χ4v) is 1.84. The molecule has 0 aliphatic rings. The molecule has 4 nitrogen and oxygen atoms in total. The topological polar surface area (TPSA) is 43.0 Å². The number of rotatable bonds is 4. The Morgan fingerprint density at radius 2 is 2.11 bits per heavy atom. The first-order valence-corrected chi connectivity index (χ1v) is 5.75. The number of aryl methyl sites for hydroxylation is 3. The minimum atomic E-state index is -4.63. The summed E-state index contributed by atoms with van der Waals surface area (Å²) < 4.78 is 40.3. The molecule has 0 aromatic carbocycles. The molecule has 0 saturated heterocycles. The van der Waals surface area contributed by atoms with Gasteiger partial charge in [-0.05, 0) is 12.1 Å². The lowest BCUT2D eigenvalue weighted by molar-refractivity contribution is -0.206. The number of hydrogen-bond donors (Lipinski definition) is 1. The second kappa shape index (κ2) is 5.08. The highest BCUT2D eigenvalue weighted by atomic mass is 19.4. The molecule has 0 fully saturated rings. The smallest absolute Gasteiger partial charge is 0.379 e. The summed E-state index contributed by atoms with van der Waals surface area (Å²) in [6, 6.07) is 3.14. The molecule has 1 N–H and O–H groups in total. The largest absolute Gasteiger partial charge is 0.418 e. The number of hydrogen-bond acceptors (Lipinski definition) is 2. The van der Waals surface area contributed by atoms with Crippen LogP contribution in [0.4, 0.5) is 13.2 Å². The first-order chi connectivity index (χ1) is 8.88. The molecule has 2 aromatic rings. The second-order valence-electron chi connectivity index (χ2n) is 4.32. The molecule has 0 bridgehead atoms. The molecular formula is C12H14F3N3O. The fourth-order valence-electron chi connectivity index (χ4n) is 1.84. The molecule has 0 amide bonds. The second-order valence-corrected chi connectivity index (χ2v) is 4.32. The average Bonchev–Trinajstić information content (AvgIpc) is 2.93. The first kappa shape index (κ1) is 13.7. The Labute approximate surface area is 108 Å². The third kappa shape index (κ3) is 3.17. The molecule has 2 aromatic heterocycles. The Kier molecular flexibility index (Phi) is 3.66. The van der Waals surface area contributed by atoms with Gasteiger partial charge in [-0.15, -0.1) is 0 Å². The van der Waals surface area contributed by atoms with E-state index in [1.54, 1.807) is 15.4 Å². The molecule has 1 unspecified atom stereocenters. The van der Waals surface area contributed by atoms with Crippen molar-refractivity contribution in [3.8, 4) is 0 Å². The average molecular weight is 273 g/mol. The van der Waals surface area contributed by atoms with Crippen LogP contribution in [0.25, 0.3) is 0 Å². The van der Waals surface area contributed by atoms with E-state index in [0.717, 1.165) is 5.69 Å². The van der Waals surface area contributed by atoms with Gasteiger partial charge in [-0.1, -0.05) is 0 Å². The number of aliphatic hydroxyl groups excluding tert-OH is 1. The monoisotopic (exact) mass is 273 g/mol. The highest BCUT2D eigenvalue weighted by Crippen LogP contribution is 2.32. The van der Waals surface area contributed by atoms with E-state index >= 15 is 0 Å². The van der Waals surface area contributed by atoms with Crippen molar-refractivity contribution in [2.75, 3.05) is 0 Å². The van der Waals surface area contributed by atoms with Crippen LogP contribution in [0.15, 0.2) is 30.7 Å². The molecular weight excluding hydrogens is 259 g/mol. The van der Waals surface area contributed by atoms with Crippen molar-refractivity contribution in [1.82, 2.24) is 14.3 Å². The summed E-state index contributed by atoms with van der Waals surface area (Å²) in [5.41, 5.74) is 0.851. The van der Waals surface area contributed by atoms with E-state index in [0.29, 0.717) is 13.0 Å². The molecule has 0 radical (unpaired) electrons. The van der Waals surface area contributed by atoms with Gasteiger partial charge in [0.1, 0.15) is 0 Å². The van der Waals surface area contributed by atoms with Crippen LogP contribution < -0.4 is 0 Å². The van der Waals surface area contributed by atoms with Gasteiger partial charge in [-0.3, -0.25) is 4.68 Å². The lowest BCUT2D eigenvalue weighted by Gasteiger charge is -2.12. The number of aromatic nitrogens is 3. The van der Waals surface area contributed by atoms with Crippen molar-refractivity contribution < 1.29 is 18.3 Å². The number of aliphatic hydroxyl groups is 1. The van der Waals surface area contributed by atoms with Crippen LogP contribution in [0.5, 0.6) is 0 Å². The Morgan fingerprint density at radius 3 is 2.68 bits per heavy atom. The summed E-state index contributed by atoms with van der Waals surface area (Å²) in [5.74, 6) is 0. The molecule has 0 spiro atoms. The van der Waals surface area contributed by atoms with Gasteiger partial charge in [0.2, 0.25) is 0 Å². The van der Waals surface area contributed by atoms with Crippen molar-refractivity contribution in [2.45, 2.75) is 25.2 Å². The third-order valence-electron chi connectivity index (χ3n) is 2.95. The van der Waals surface area contributed by atoms with E-state index in [2.05, 4.69) is 5.10 Å². The van der Waals surface area contributed by atoms with Gasteiger partial charge in [-0.25, -0.2) is 0 Å². The minimum Gasteiger partial charge on any atom is -0.379 e. The fraction of sp³-hybridized carbons (Fsp3) is 0.417. The molecule has 104 valence electrons. The standard InChI is InChI=1S/C12H14F3N3O/c1-17-10(2-5-16-17)4-7-18-6-3-9(8-18)11(19)12(13,14)15/h2-3,5-6,8,11,19H,4,7H2,1H3. The molecule has 2 heterocycles. The Hall–Kier alpha value is -1.76. The number of nitrogens with zero attached hydrogens (tertiary/aromatic N) is 3. The SMILES string of the molecule is Cn1nccc1CCn1ccc(C(O)C(F)(F)F)c1. The van der Waals surface area contributed by atoms with Crippen molar-refractivity contribution in [3.63, 3.8) is 0 Å². The van der Waals surface area contributed by atoms with Crippen LogP contribution in [0.2, 0.25) is 0 Å². The summed E-state index contributed by atoms with van der Waals surface area (Å²) in [5, 5.41) is 13.1. The van der Waals surface area contributed by atoms with Crippen LogP contribution in [0.3, 0.4) is 0 Å². The van der Waals surface area contributed by atoms with Gasteiger partial charge in [0.25, 0.3) is 0 Å². The predicted octanol–water partition coefficient (Wildman–Crippen LogP) is 2.06. The zero-order chi connectivity index (χ0) is 14.0. The zero-order valence-corrected chi connectivity index (χ0v) is 10.3. The van der Waals surface area contributed by atoms with Crippen molar-refractivity contribution in [1.29, 1.82) is 0 Å². The Morgan fingerprint density at radius 1 is 1.37 bits per heavy atom. The van der Waals surface area contributed by atoms with Gasteiger partial charge in [-0.2, -0.15) is 18.3 Å². The lowest BCUT2D eigenvalue weighted by atomic mass is 10.2. The maximum Gasteiger partial charge on any atom is 0.418 e. The third-order valence-corrected chi connectivity index (χ3v) is 2.95. The van der Waals surface area contributed by atoms with Crippen molar-refractivity contribution in [3.05, 3.63) is 42.0 Å². The number of alkyl halides is 3. The molecule has 7 heteroatoms. The van der Waals surface area contributed by atoms with Gasteiger partial charge in [0, 0.05) is 49.9 Å². The van der Waals surface area contributed by atoms with E-state index < -0.39 is 12.3 Å². The minimum absolute atomic E-state index is 0.141. The van der Waals surface area contributed by atoms with Crippen LogP contribution in [0.1, 0.15) is 17.4 Å². The van der Waals surface area contributed by atoms with E-state index in [1.807, 2.05) is 13.1 Å². The molecule has 0 aliphatic carbocycles. The summed E-state index contributed by atoms with van der Waals surface area (Å²) in [6.45, 7) is 0.532. The van der Waals surface area contributed by atoms with Gasteiger partial charge < -0.3 is 9.67 Å². The summed E-state index contributed by atoms with van der Waals surface area (Å²) in [4.78, 5) is 0.